The number of carbonyl (C=O) groups is 1. The van der Waals surface area contributed by atoms with Crippen molar-refractivity contribution in [2.24, 2.45) is 11.5 Å². The number of anilines is 2. The summed E-state index contributed by atoms with van der Waals surface area (Å²) in [5, 5.41) is 0. The number of benzene rings is 1. The number of primary amides is 1. The predicted molar refractivity (Wildman–Crippen MR) is 79.8 cm³/mol. The van der Waals surface area contributed by atoms with Gasteiger partial charge in [-0.2, -0.15) is 0 Å². The lowest BCUT2D eigenvalue weighted by Crippen LogP contribution is -2.22. The Balaban J connectivity index is 2.40. The average molecular weight is 288 g/mol. The topological polar surface area (TPSA) is 85.2 Å². The van der Waals surface area contributed by atoms with Gasteiger partial charge in [-0.05, 0) is 43.3 Å². The zero-order chi connectivity index (χ0) is 15.2. The van der Waals surface area contributed by atoms with Gasteiger partial charge in [-0.15, -0.1) is 0 Å². The monoisotopic (exact) mass is 288 g/mol. The molecule has 110 valence electrons. The SMILES string of the molecule is NCCCN(c1cccc(F)c1)c1ccnc(C(N)=O)c1. The van der Waals surface area contributed by atoms with Crippen LogP contribution in [-0.2, 0) is 0 Å². The van der Waals surface area contributed by atoms with Crippen LogP contribution in [0.25, 0.3) is 0 Å². The largest absolute Gasteiger partial charge is 0.364 e. The van der Waals surface area contributed by atoms with Crippen molar-refractivity contribution >= 4 is 17.3 Å². The van der Waals surface area contributed by atoms with Gasteiger partial charge in [0.1, 0.15) is 11.5 Å². The van der Waals surface area contributed by atoms with Crippen LogP contribution in [-0.4, -0.2) is 24.0 Å². The second-order valence-electron chi connectivity index (χ2n) is 4.54. The number of aromatic nitrogens is 1. The van der Waals surface area contributed by atoms with Crippen LogP contribution < -0.4 is 16.4 Å². The molecule has 0 aliphatic carbocycles. The summed E-state index contributed by atoms with van der Waals surface area (Å²) < 4.78 is 13.4. The maximum absolute atomic E-state index is 13.4. The Labute approximate surface area is 122 Å². The van der Waals surface area contributed by atoms with Gasteiger partial charge in [0.2, 0.25) is 0 Å². The summed E-state index contributed by atoms with van der Waals surface area (Å²) in [6.45, 7) is 1.11. The Morgan fingerprint density at radius 1 is 1.24 bits per heavy atom. The van der Waals surface area contributed by atoms with E-state index in [0.29, 0.717) is 18.8 Å². The van der Waals surface area contributed by atoms with E-state index >= 15 is 0 Å². The van der Waals surface area contributed by atoms with E-state index in [1.807, 2.05) is 4.90 Å². The second kappa shape index (κ2) is 6.81. The summed E-state index contributed by atoms with van der Waals surface area (Å²) in [6, 6.07) is 9.57. The molecule has 0 atom stereocenters. The number of amides is 1. The predicted octanol–water partition coefficient (Wildman–Crippen LogP) is 1.81. The molecule has 0 aliphatic rings. The molecule has 21 heavy (non-hydrogen) atoms. The summed E-state index contributed by atoms with van der Waals surface area (Å²) in [5.74, 6) is -0.927. The first-order valence-corrected chi connectivity index (χ1v) is 6.61. The molecule has 0 saturated heterocycles. The number of carbonyl (C=O) groups excluding carboxylic acids is 1. The number of hydrogen-bond acceptors (Lipinski definition) is 4. The van der Waals surface area contributed by atoms with Gasteiger partial charge in [-0.1, -0.05) is 6.07 Å². The summed E-state index contributed by atoms with van der Waals surface area (Å²) in [6.07, 6.45) is 2.23. The van der Waals surface area contributed by atoms with E-state index in [9.17, 15) is 9.18 Å². The summed E-state index contributed by atoms with van der Waals surface area (Å²) >= 11 is 0. The minimum absolute atomic E-state index is 0.168. The van der Waals surface area contributed by atoms with E-state index in [2.05, 4.69) is 4.98 Å². The van der Waals surface area contributed by atoms with E-state index in [-0.39, 0.29) is 11.5 Å². The van der Waals surface area contributed by atoms with Crippen molar-refractivity contribution in [1.29, 1.82) is 0 Å². The number of halogens is 1. The zero-order valence-electron chi connectivity index (χ0n) is 11.5. The number of nitrogens with two attached hydrogens (primary N) is 2. The van der Waals surface area contributed by atoms with Gasteiger partial charge in [-0.3, -0.25) is 9.78 Å². The lowest BCUT2D eigenvalue weighted by Gasteiger charge is -2.25. The molecule has 4 N–H and O–H groups in total. The molecule has 0 fully saturated rings. The van der Waals surface area contributed by atoms with Crippen molar-refractivity contribution in [2.45, 2.75) is 6.42 Å². The smallest absolute Gasteiger partial charge is 0.267 e. The maximum Gasteiger partial charge on any atom is 0.267 e. The summed E-state index contributed by atoms with van der Waals surface area (Å²) in [4.78, 5) is 17.0. The molecule has 1 heterocycles. The molecule has 0 saturated carbocycles. The average Bonchev–Trinajstić information content (AvgIpc) is 2.48. The maximum atomic E-state index is 13.4. The van der Waals surface area contributed by atoms with Gasteiger partial charge in [0, 0.05) is 24.1 Å². The molecule has 1 aromatic heterocycles. The molecule has 2 aromatic rings. The van der Waals surface area contributed by atoms with Crippen molar-refractivity contribution < 1.29 is 9.18 Å². The normalized spacial score (nSPS) is 10.4. The van der Waals surface area contributed by atoms with Crippen molar-refractivity contribution in [3.63, 3.8) is 0 Å². The van der Waals surface area contributed by atoms with E-state index in [0.717, 1.165) is 12.1 Å². The first-order chi connectivity index (χ1) is 10.1. The first kappa shape index (κ1) is 14.9. The Morgan fingerprint density at radius 2 is 2.00 bits per heavy atom. The van der Waals surface area contributed by atoms with Crippen molar-refractivity contribution in [3.05, 3.63) is 54.1 Å². The standard InChI is InChI=1S/C15H17FN4O/c16-11-3-1-4-12(9-11)20(8-2-6-17)13-5-7-19-14(10-13)15(18)21/h1,3-5,7,9-10H,2,6,8,17H2,(H2,18,21). The third-order valence-corrected chi connectivity index (χ3v) is 3.01. The molecule has 0 radical (unpaired) electrons. The Kier molecular flexibility index (Phi) is 4.84. The fourth-order valence-electron chi connectivity index (χ4n) is 2.02. The number of hydrogen-bond donors (Lipinski definition) is 2. The van der Waals surface area contributed by atoms with Gasteiger partial charge in [-0.25, -0.2) is 4.39 Å². The molecule has 6 heteroatoms. The molecule has 0 bridgehead atoms. The van der Waals surface area contributed by atoms with Crippen LogP contribution in [0, 0.1) is 5.82 Å². The van der Waals surface area contributed by atoms with Gasteiger partial charge >= 0.3 is 0 Å². The van der Waals surface area contributed by atoms with Crippen LogP contribution in [0.2, 0.25) is 0 Å². The molecule has 1 amide bonds. The molecule has 0 unspecified atom stereocenters. The quantitative estimate of drug-likeness (QED) is 0.849. The van der Waals surface area contributed by atoms with Crippen LogP contribution in [0.4, 0.5) is 15.8 Å². The lowest BCUT2D eigenvalue weighted by atomic mass is 10.2. The number of rotatable bonds is 6. The fourth-order valence-corrected chi connectivity index (χ4v) is 2.02. The zero-order valence-corrected chi connectivity index (χ0v) is 11.5. The Hall–Kier alpha value is -2.47. The van der Waals surface area contributed by atoms with Gasteiger partial charge < -0.3 is 16.4 Å². The molecule has 5 nitrogen and oxygen atoms in total. The van der Waals surface area contributed by atoms with E-state index in [1.165, 1.54) is 18.3 Å². The first-order valence-electron chi connectivity index (χ1n) is 6.61. The highest BCUT2D eigenvalue weighted by molar-refractivity contribution is 5.91. The highest BCUT2D eigenvalue weighted by Crippen LogP contribution is 2.26. The number of pyridine rings is 1. The van der Waals surface area contributed by atoms with Crippen LogP contribution in [0.15, 0.2) is 42.6 Å². The van der Waals surface area contributed by atoms with Crippen molar-refractivity contribution in [2.75, 3.05) is 18.0 Å². The second-order valence-corrected chi connectivity index (χ2v) is 4.54. The molecule has 2 rings (SSSR count). The summed E-state index contributed by atoms with van der Waals surface area (Å²) in [5.41, 5.74) is 12.4. The van der Waals surface area contributed by atoms with Crippen molar-refractivity contribution in [3.8, 4) is 0 Å². The van der Waals surface area contributed by atoms with E-state index in [1.54, 1.807) is 24.3 Å². The van der Waals surface area contributed by atoms with Gasteiger partial charge in [0.05, 0.1) is 0 Å². The third-order valence-electron chi connectivity index (χ3n) is 3.01. The van der Waals surface area contributed by atoms with Crippen LogP contribution >= 0.6 is 0 Å². The molecule has 0 spiro atoms. The minimum Gasteiger partial charge on any atom is -0.364 e. The van der Waals surface area contributed by atoms with Crippen LogP contribution in [0.1, 0.15) is 16.9 Å². The fraction of sp³-hybridized carbons (Fsp3) is 0.200. The van der Waals surface area contributed by atoms with Crippen LogP contribution in [0.3, 0.4) is 0 Å². The van der Waals surface area contributed by atoms with E-state index < -0.39 is 5.91 Å². The highest BCUT2D eigenvalue weighted by Gasteiger charge is 2.12. The summed E-state index contributed by atoms with van der Waals surface area (Å²) in [7, 11) is 0. The number of nitrogens with zero attached hydrogens (tertiary/aromatic N) is 2. The van der Waals surface area contributed by atoms with Crippen LogP contribution in [0.5, 0.6) is 0 Å². The Bertz CT molecular complexity index is 633. The van der Waals surface area contributed by atoms with Gasteiger partial charge in [0.25, 0.3) is 5.91 Å². The van der Waals surface area contributed by atoms with Crippen molar-refractivity contribution in [1.82, 2.24) is 4.98 Å². The lowest BCUT2D eigenvalue weighted by molar-refractivity contribution is 0.0995. The van der Waals surface area contributed by atoms with E-state index in [4.69, 9.17) is 11.5 Å². The molecular formula is C15H17FN4O. The minimum atomic E-state index is -0.602. The Morgan fingerprint density at radius 3 is 2.67 bits per heavy atom. The highest BCUT2D eigenvalue weighted by atomic mass is 19.1. The molecule has 1 aromatic carbocycles. The molecular weight excluding hydrogens is 271 g/mol. The molecule has 0 aliphatic heterocycles. The van der Waals surface area contributed by atoms with Gasteiger partial charge in [0.15, 0.2) is 0 Å². The third kappa shape index (κ3) is 3.76.